The van der Waals surface area contributed by atoms with E-state index in [2.05, 4.69) is 0 Å². The van der Waals surface area contributed by atoms with E-state index in [1.807, 2.05) is 72.2 Å². The van der Waals surface area contributed by atoms with Gasteiger partial charge in [-0.1, -0.05) is 35.9 Å². The number of carbonyl (C=O) groups is 2. The van der Waals surface area contributed by atoms with Crippen LogP contribution in [0.5, 0.6) is 5.75 Å². The molecule has 0 radical (unpaired) electrons. The number of hydrogen-bond acceptors (Lipinski definition) is 3. The fraction of sp³-hybridized carbons (Fsp3) is 0.259. The Kier molecular flexibility index (Phi) is 5.99. The van der Waals surface area contributed by atoms with Gasteiger partial charge < -0.3 is 14.5 Å². The Hall–Kier alpha value is -3.60. The van der Waals surface area contributed by atoms with Gasteiger partial charge >= 0.3 is 0 Å². The second-order valence-corrected chi connectivity index (χ2v) is 8.29. The van der Waals surface area contributed by atoms with Crippen LogP contribution in [0.25, 0.3) is 0 Å². The first-order chi connectivity index (χ1) is 15.4. The molecule has 0 N–H and O–H groups in total. The van der Waals surface area contributed by atoms with Gasteiger partial charge in [-0.3, -0.25) is 9.59 Å². The maximum absolute atomic E-state index is 13.5. The van der Waals surface area contributed by atoms with E-state index in [0.29, 0.717) is 17.7 Å². The third kappa shape index (κ3) is 3.98. The quantitative estimate of drug-likeness (QED) is 0.548. The Bertz CT molecular complexity index is 1120. The molecular weight excluding hydrogens is 400 g/mol. The number of carbonyl (C=O) groups excluding carboxylic acids is 2. The van der Waals surface area contributed by atoms with Crippen LogP contribution in [0.15, 0.2) is 72.8 Å². The van der Waals surface area contributed by atoms with Crippen LogP contribution >= 0.6 is 0 Å². The van der Waals surface area contributed by atoms with Gasteiger partial charge in [-0.25, -0.2) is 0 Å². The summed E-state index contributed by atoms with van der Waals surface area (Å²) in [6.45, 7) is 5.67. The number of ether oxygens (including phenoxy) is 1. The number of rotatable bonds is 4. The Morgan fingerprint density at radius 1 is 0.969 bits per heavy atom. The first-order valence-corrected chi connectivity index (χ1v) is 10.8. The SMILES string of the molecule is COc1ccc(C(=O)N2c3ccccc3C(N(C(C)=O)c3ccc(C)cc3)CC2C)cc1. The van der Waals surface area contributed by atoms with Crippen molar-refractivity contribution in [1.29, 1.82) is 0 Å². The Morgan fingerprint density at radius 3 is 2.25 bits per heavy atom. The summed E-state index contributed by atoms with van der Waals surface area (Å²) >= 11 is 0. The van der Waals surface area contributed by atoms with Crippen LogP contribution in [0.2, 0.25) is 0 Å². The van der Waals surface area contributed by atoms with Gasteiger partial charge in [0, 0.05) is 29.9 Å². The van der Waals surface area contributed by atoms with Crippen LogP contribution in [-0.2, 0) is 4.79 Å². The van der Waals surface area contributed by atoms with Crippen molar-refractivity contribution in [3.8, 4) is 5.75 Å². The highest BCUT2D eigenvalue weighted by molar-refractivity contribution is 6.07. The Labute approximate surface area is 189 Å². The minimum absolute atomic E-state index is 0.0178. The number of hydrogen-bond donors (Lipinski definition) is 0. The number of para-hydroxylation sites is 1. The molecule has 2 unspecified atom stereocenters. The van der Waals surface area contributed by atoms with Crippen molar-refractivity contribution in [1.82, 2.24) is 0 Å². The summed E-state index contributed by atoms with van der Waals surface area (Å²) in [5, 5.41) is 0. The Balaban J connectivity index is 1.75. The monoisotopic (exact) mass is 428 g/mol. The molecule has 1 aliphatic rings. The lowest BCUT2D eigenvalue weighted by Gasteiger charge is -2.43. The van der Waals surface area contributed by atoms with E-state index < -0.39 is 0 Å². The van der Waals surface area contributed by atoms with Crippen LogP contribution in [0.3, 0.4) is 0 Å². The van der Waals surface area contributed by atoms with E-state index in [-0.39, 0.29) is 23.9 Å². The average molecular weight is 429 g/mol. The summed E-state index contributed by atoms with van der Waals surface area (Å²) in [5.74, 6) is 0.635. The summed E-state index contributed by atoms with van der Waals surface area (Å²) in [6.07, 6.45) is 0.645. The van der Waals surface area contributed by atoms with Crippen molar-refractivity contribution in [2.75, 3.05) is 16.9 Å². The van der Waals surface area contributed by atoms with Crippen molar-refractivity contribution in [2.24, 2.45) is 0 Å². The number of nitrogens with zero attached hydrogens (tertiary/aromatic N) is 2. The van der Waals surface area contributed by atoms with Gasteiger partial charge in [0.1, 0.15) is 5.75 Å². The van der Waals surface area contributed by atoms with Gasteiger partial charge in [-0.15, -0.1) is 0 Å². The molecule has 1 aliphatic heterocycles. The van der Waals surface area contributed by atoms with E-state index in [0.717, 1.165) is 22.5 Å². The number of aryl methyl sites for hydroxylation is 1. The van der Waals surface area contributed by atoms with E-state index in [4.69, 9.17) is 4.74 Å². The fourth-order valence-electron chi connectivity index (χ4n) is 4.49. The molecule has 0 aliphatic carbocycles. The highest BCUT2D eigenvalue weighted by Gasteiger charge is 2.38. The molecule has 2 atom stereocenters. The second kappa shape index (κ2) is 8.87. The maximum Gasteiger partial charge on any atom is 0.258 e. The molecule has 1 heterocycles. The van der Waals surface area contributed by atoms with Gasteiger partial charge in [0.05, 0.1) is 13.2 Å². The molecule has 32 heavy (non-hydrogen) atoms. The lowest BCUT2D eigenvalue weighted by Crippen LogP contribution is -2.47. The molecule has 4 rings (SSSR count). The second-order valence-electron chi connectivity index (χ2n) is 8.29. The van der Waals surface area contributed by atoms with Crippen LogP contribution in [0.1, 0.15) is 47.8 Å². The molecule has 3 aromatic rings. The normalized spacial score (nSPS) is 17.4. The smallest absolute Gasteiger partial charge is 0.258 e. The molecule has 0 fully saturated rings. The first-order valence-electron chi connectivity index (χ1n) is 10.8. The van der Waals surface area contributed by atoms with Crippen molar-refractivity contribution in [3.05, 3.63) is 89.5 Å². The summed E-state index contributed by atoms with van der Waals surface area (Å²) in [7, 11) is 1.61. The fourth-order valence-corrected chi connectivity index (χ4v) is 4.49. The zero-order valence-electron chi connectivity index (χ0n) is 18.9. The van der Waals surface area contributed by atoms with E-state index in [1.165, 1.54) is 0 Å². The van der Waals surface area contributed by atoms with E-state index >= 15 is 0 Å². The summed E-state index contributed by atoms with van der Waals surface area (Å²) < 4.78 is 5.22. The predicted molar refractivity (Wildman–Crippen MR) is 127 cm³/mol. The van der Waals surface area contributed by atoms with Crippen molar-refractivity contribution < 1.29 is 14.3 Å². The third-order valence-electron chi connectivity index (χ3n) is 6.08. The standard InChI is InChI=1S/C27H28N2O3/c1-18-9-13-22(14-10-18)29(20(3)30)26-17-19(2)28(25-8-6-5-7-24(25)26)27(31)21-11-15-23(32-4)16-12-21/h5-16,19,26H,17H2,1-4H3. The minimum Gasteiger partial charge on any atom is -0.497 e. The average Bonchev–Trinajstić information content (AvgIpc) is 2.80. The van der Waals surface area contributed by atoms with Crippen LogP contribution in [0, 0.1) is 6.92 Å². The van der Waals surface area contributed by atoms with Crippen LogP contribution in [0.4, 0.5) is 11.4 Å². The minimum atomic E-state index is -0.152. The van der Waals surface area contributed by atoms with Gasteiger partial charge in [-0.2, -0.15) is 0 Å². The largest absolute Gasteiger partial charge is 0.497 e. The molecule has 0 aromatic heterocycles. The molecule has 2 amide bonds. The first kappa shape index (κ1) is 21.6. The zero-order valence-corrected chi connectivity index (χ0v) is 18.9. The van der Waals surface area contributed by atoms with Gasteiger partial charge in [-0.05, 0) is 68.3 Å². The van der Waals surface area contributed by atoms with Gasteiger partial charge in [0.2, 0.25) is 5.91 Å². The molecule has 5 heteroatoms. The Morgan fingerprint density at radius 2 is 1.62 bits per heavy atom. The van der Waals surface area contributed by atoms with Crippen molar-refractivity contribution in [2.45, 2.75) is 39.3 Å². The van der Waals surface area contributed by atoms with E-state index in [1.54, 1.807) is 38.3 Å². The predicted octanol–water partition coefficient (Wildman–Crippen LogP) is 5.54. The molecule has 0 saturated heterocycles. The third-order valence-corrected chi connectivity index (χ3v) is 6.08. The summed E-state index contributed by atoms with van der Waals surface area (Å²) in [4.78, 5) is 30.0. The van der Waals surface area contributed by atoms with Crippen molar-refractivity contribution in [3.63, 3.8) is 0 Å². The lowest BCUT2D eigenvalue weighted by atomic mass is 9.89. The van der Waals surface area contributed by atoms with Crippen LogP contribution < -0.4 is 14.5 Å². The van der Waals surface area contributed by atoms with Gasteiger partial charge in [0.15, 0.2) is 0 Å². The molecular formula is C27H28N2O3. The van der Waals surface area contributed by atoms with Gasteiger partial charge in [0.25, 0.3) is 5.91 Å². The molecule has 0 bridgehead atoms. The summed E-state index contributed by atoms with van der Waals surface area (Å²) in [6, 6.07) is 22.8. The molecule has 5 nitrogen and oxygen atoms in total. The number of anilines is 2. The number of benzene rings is 3. The lowest BCUT2D eigenvalue weighted by molar-refractivity contribution is -0.117. The van der Waals surface area contributed by atoms with E-state index in [9.17, 15) is 9.59 Å². The topological polar surface area (TPSA) is 49.9 Å². The molecule has 3 aromatic carbocycles. The number of amides is 2. The zero-order chi connectivity index (χ0) is 22.8. The number of fused-ring (bicyclic) bond motifs is 1. The molecule has 0 spiro atoms. The highest BCUT2D eigenvalue weighted by atomic mass is 16.5. The molecule has 164 valence electrons. The summed E-state index contributed by atoms with van der Waals surface area (Å²) in [5.41, 5.74) is 4.43. The molecule has 0 saturated carbocycles. The van der Waals surface area contributed by atoms with Crippen LogP contribution in [-0.4, -0.2) is 25.0 Å². The number of methoxy groups -OCH3 is 1. The highest BCUT2D eigenvalue weighted by Crippen LogP contribution is 2.42. The maximum atomic E-state index is 13.5. The van der Waals surface area contributed by atoms with Crippen molar-refractivity contribution >= 4 is 23.2 Å².